The number of nitrogens with one attached hydrogen (secondary N) is 1. The van der Waals surface area contributed by atoms with Gasteiger partial charge in [-0.05, 0) is 51.0 Å². The van der Waals surface area contributed by atoms with Crippen LogP contribution >= 0.6 is 0 Å². The molecule has 0 aliphatic carbocycles. The first-order valence-electron chi connectivity index (χ1n) is 6.82. The molecule has 2 aromatic rings. The molecule has 1 N–H and O–H groups in total. The van der Waals surface area contributed by atoms with Crippen molar-refractivity contribution in [3.05, 3.63) is 65.0 Å². The van der Waals surface area contributed by atoms with Gasteiger partial charge < -0.3 is 5.32 Å². The van der Waals surface area contributed by atoms with Crippen LogP contribution in [0.1, 0.15) is 48.3 Å². The average molecular weight is 254 g/mol. The third kappa shape index (κ3) is 3.42. The molecule has 0 spiro atoms. The number of rotatable bonds is 4. The van der Waals surface area contributed by atoms with Crippen molar-refractivity contribution in [3.8, 4) is 0 Å². The van der Waals surface area contributed by atoms with Gasteiger partial charge in [0.2, 0.25) is 0 Å². The van der Waals surface area contributed by atoms with E-state index in [2.05, 4.69) is 62.3 Å². The molecule has 2 rings (SSSR count). The first kappa shape index (κ1) is 13.8. The lowest BCUT2D eigenvalue weighted by molar-refractivity contribution is 0.485. The van der Waals surface area contributed by atoms with Crippen molar-refractivity contribution >= 4 is 0 Å². The number of hydrogen-bond acceptors (Lipinski definition) is 2. The fourth-order valence-corrected chi connectivity index (χ4v) is 2.49. The van der Waals surface area contributed by atoms with Crippen molar-refractivity contribution in [2.24, 2.45) is 0 Å². The van der Waals surface area contributed by atoms with E-state index in [0.29, 0.717) is 6.04 Å². The number of hydrogen-bond donors (Lipinski definition) is 1. The predicted octanol–water partition coefficient (Wildman–Crippen LogP) is 4.11. The molecule has 0 saturated heterocycles. The Morgan fingerprint density at radius 3 is 2.42 bits per heavy atom. The SMILES string of the molecule is Cc1ccc(C(C)NC(C)c2ccccn2)c(C)c1. The van der Waals surface area contributed by atoms with Crippen molar-refractivity contribution in [3.63, 3.8) is 0 Å². The van der Waals surface area contributed by atoms with E-state index in [1.54, 1.807) is 0 Å². The van der Waals surface area contributed by atoms with E-state index in [1.165, 1.54) is 16.7 Å². The van der Waals surface area contributed by atoms with E-state index >= 15 is 0 Å². The first-order chi connectivity index (χ1) is 9.08. The quantitative estimate of drug-likeness (QED) is 0.888. The molecule has 1 aromatic carbocycles. The summed E-state index contributed by atoms with van der Waals surface area (Å²) >= 11 is 0. The van der Waals surface area contributed by atoms with Gasteiger partial charge in [0.05, 0.1) is 5.69 Å². The molecule has 1 heterocycles. The number of pyridine rings is 1. The van der Waals surface area contributed by atoms with Crippen LogP contribution in [-0.4, -0.2) is 4.98 Å². The second kappa shape index (κ2) is 5.98. The molecule has 0 saturated carbocycles. The average Bonchev–Trinajstić information content (AvgIpc) is 2.39. The Hall–Kier alpha value is -1.67. The summed E-state index contributed by atoms with van der Waals surface area (Å²) in [6.07, 6.45) is 1.84. The van der Waals surface area contributed by atoms with Gasteiger partial charge in [-0.2, -0.15) is 0 Å². The van der Waals surface area contributed by atoms with E-state index in [0.717, 1.165) is 5.69 Å². The fraction of sp³-hybridized carbons (Fsp3) is 0.353. The highest BCUT2D eigenvalue weighted by Gasteiger charge is 2.13. The molecule has 19 heavy (non-hydrogen) atoms. The van der Waals surface area contributed by atoms with Crippen LogP contribution in [0.5, 0.6) is 0 Å². The molecule has 0 amide bonds. The Kier molecular flexibility index (Phi) is 4.33. The molecular weight excluding hydrogens is 232 g/mol. The van der Waals surface area contributed by atoms with Crippen LogP contribution < -0.4 is 5.32 Å². The topological polar surface area (TPSA) is 24.9 Å². The van der Waals surface area contributed by atoms with Crippen LogP contribution in [0.25, 0.3) is 0 Å². The third-order valence-corrected chi connectivity index (χ3v) is 3.52. The highest BCUT2D eigenvalue weighted by Crippen LogP contribution is 2.21. The Bertz CT molecular complexity index is 534. The second-order valence-electron chi connectivity index (χ2n) is 5.22. The second-order valence-corrected chi connectivity index (χ2v) is 5.22. The van der Waals surface area contributed by atoms with Crippen molar-refractivity contribution in [1.82, 2.24) is 10.3 Å². The van der Waals surface area contributed by atoms with Gasteiger partial charge in [0.1, 0.15) is 0 Å². The molecule has 100 valence electrons. The van der Waals surface area contributed by atoms with Crippen LogP contribution in [0, 0.1) is 13.8 Å². The Morgan fingerprint density at radius 1 is 1.00 bits per heavy atom. The molecule has 0 aliphatic heterocycles. The molecule has 2 nitrogen and oxygen atoms in total. The Labute approximate surface area is 115 Å². The van der Waals surface area contributed by atoms with Crippen molar-refractivity contribution in [2.45, 2.75) is 39.8 Å². The van der Waals surface area contributed by atoms with Crippen LogP contribution in [-0.2, 0) is 0 Å². The highest BCUT2D eigenvalue weighted by molar-refractivity contribution is 5.32. The zero-order valence-electron chi connectivity index (χ0n) is 12.1. The van der Waals surface area contributed by atoms with Crippen molar-refractivity contribution in [1.29, 1.82) is 0 Å². The largest absolute Gasteiger partial charge is 0.302 e. The van der Waals surface area contributed by atoms with Gasteiger partial charge in [0.15, 0.2) is 0 Å². The molecule has 0 aliphatic rings. The van der Waals surface area contributed by atoms with E-state index in [-0.39, 0.29) is 6.04 Å². The fourth-order valence-electron chi connectivity index (χ4n) is 2.49. The molecule has 0 radical (unpaired) electrons. The summed E-state index contributed by atoms with van der Waals surface area (Å²) in [5.41, 5.74) is 5.09. The number of benzene rings is 1. The Balaban J connectivity index is 2.10. The van der Waals surface area contributed by atoms with E-state index in [9.17, 15) is 0 Å². The molecule has 2 atom stereocenters. The lowest BCUT2D eigenvalue weighted by Crippen LogP contribution is -2.23. The summed E-state index contributed by atoms with van der Waals surface area (Å²) < 4.78 is 0. The number of aromatic nitrogens is 1. The monoisotopic (exact) mass is 254 g/mol. The number of nitrogens with zero attached hydrogens (tertiary/aromatic N) is 1. The van der Waals surface area contributed by atoms with Gasteiger partial charge in [-0.1, -0.05) is 29.8 Å². The lowest BCUT2D eigenvalue weighted by Gasteiger charge is -2.21. The van der Waals surface area contributed by atoms with Crippen LogP contribution in [0.4, 0.5) is 0 Å². The maximum Gasteiger partial charge on any atom is 0.0570 e. The predicted molar refractivity (Wildman–Crippen MR) is 80.1 cm³/mol. The first-order valence-corrected chi connectivity index (χ1v) is 6.82. The molecule has 1 aromatic heterocycles. The maximum atomic E-state index is 4.40. The third-order valence-electron chi connectivity index (χ3n) is 3.52. The van der Waals surface area contributed by atoms with Gasteiger partial charge in [0, 0.05) is 18.3 Å². The van der Waals surface area contributed by atoms with E-state index in [4.69, 9.17) is 0 Å². The van der Waals surface area contributed by atoms with Crippen molar-refractivity contribution < 1.29 is 0 Å². The van der Waals surface area contributed by atoms with Gasteiger partial charge in [-0.25, -0.2) is 0 Å². The summed E-state index contributed by atoms with van der Waals surface area (Å²) in [6.45, 7) is 8.66. The molecule has 0 fully saturated rings. The van der Waals surface area contributed by atoms with Crippen LogP contribution in [0.15, 0.2) is 42.6 Å². The standard InChI is InChI=1S/C17H22N2/c1-12-8-9-16(13(2)11-12)14(3)19-15(4)17-7-5-6-10-18-17/h5-11,14-15,19H,1-4H3. The van der Waals surface area contributed by atoms with Gasteiger partial charge in [-0.15, -0.1) is 0 Å². The summed E-state index contributed by atoms with van der Waals surface area (Å²) in [6, 6.07) is 13.2. The zero-order chi connectivity index (χ0) is 13.8. The smallest absolute Gasteiger partial charge is 0.0570 e. The molecule has 0 bridgehead atoms. The molecule has 2 heteroatoms. The highest BCUT2D eigenvalue weighted by atomic mass is 15.0. The number of aryl methyl sites for hydroxylation is 2. The summed E-state index contributed by atoms with van der Waals surface area (Å²) in [7, 11) is 0. The van der Waals surface area contributed by atoms with Gasteiger partial charge in [0.25, 0.3) is 0 Å². The zero-order valence-corrected chi connectivity index (χ0v) is 12.1. The lowest BCUT2D eigenvalue weighted by atomic mass is 9.99. The van der Waals surface area contributed by atoms with Gasteiger partial charge >= 0.3 is 0 Å². The molecule has 2 unspecified atom stereocenters. The minimum Gasteiger partial charge on any atom is -0.302 e. The normalized spacial score (nSPS) is 14.1. The maximum absolute atomic E-state index is 4.40. The van der Waals surface area contributed by atoms with Gasteiger partial charge in [-0.3, -0.25) is 4.98 Å². The van der Waals surface area contributed by atoms with Crippen LogP contribution in [0.2, 0.25) is 0 Å². The van der Waals surface area contributed by atoms with Crippen LogP contribution in [0.3, 0.4) is 0 Å². The summed E-state index contributed by atoms with van der Waals surface area (Å²) in [4.78, 5) is 4.40. The minimum atomic E-state index is 0.247. The Morgan fingerprint density at radius 2 is 1.79 bits per heavy atom. The summed E-state index contributed by atoms with van der Waals surface area (Å²) in [5.74, 6) is 0. The van der Waals surface area contributed by atoms with Crippen molar-refractivity contribution in [2.75, 3.05) is 0 Å². The minimum absolute atomic E-state index is 0.247. The summed E-state index contributed by atoms with van der Waals surface area (Å²) in [5, 5.41) is 3.61. The van der Waals surface area contributed by atoms with E-state index in [1.807, 2.05) is 18.3 Å². The molecular formula is C17H22N2. The van der Waals surface area contributed by atoms with E-state index < -0.39 is 0 Å².